The number of nitrogens with one attached hydrogen (secondary N) is 1. The Balaban J connectivity index is 1.75. The first kappa shape index (κ1) is 13.8. The lowest BCUT2D eigenvalue weighted by Gasteiger charge is -2.15. The van der Waals surface area contributed by atoms with Crippen LogP contribution in [-0.4, -0.2) is 6.54 Å². The van der Waals surface area contributed by atoms with E-state index in [1.54, 1.807) is 0 Å². The molecular formula is C15H21NS2. The van der Waals surface area contributed by atoms with E-state index in [9.17, 15) is 0 Å². The third-order valence-corrected chi connectivity index (χ3v) is 5.28. The fourth-order valence-electron chi connectivity index (χ4n) is 1.75. The van der Waals surface area contributed by atoms with Crippen LogP contribution in [0.4, 0.5) is 0 Å². The van der Waals surface area contributed by atoms with Crippen molar-refractivity contribution < 1.29 is 0 Å². The maximum Gasteiger partial charge on any atom is 0.0299 e. The molecule has 0 bridgehead atoms. The van der Waals surface area contributed by atoms with Crippen LogP contribution in [0.5, 0.6) is 0 Å². The third-order valence-electron chi connectivity index (χ3n) is 2.83. The summed E-state index contributed by atoms with van der Waals surface area (Å²) in [5, 5.41) is 5.66. The Morgan fingerprint density at radius 2 is 1.94 bits per heavy atom. The average molecular weight is 279 g/mol. The van der Waals surface area contributed by atoms with Crippen molar-refractivity contribution in [2.45, 2.75) is 39.2 Å². The number of thiophene rings is 2. The standard InChI is InChI=1S/C15H21NS2/c1-15(2,3)14-7-6-13(18-14)11-16-9-8-12-5-4-10-17-12/h4-7,10,16H,8-9,11H2,1-3H3. The molecule has 0 saturated carbocycles. The zero-order chi connectivity index (χ0) is 13.0. The molecule has 0 amide bonds. The minimum atomic E-state index is 0.278. The van der Waals surface area contributed by atoms with E-state index in [2.05, 4.69) is 55.7 Å². The van der Waals surface area contributed by atoms with E-state index in [-0.39, 0.29) is 5.41 Å². The molecule has 3 heteroatoms. The molecule has 0 unspecified atom stereocenters. The Morgan fingerprint density at radius 3 is 2.56 bits per heavy atom. The lowest BCUT2D eigenvalue weighted by molar-refractivity contribution is 0.604. The molecule has 0 saturated heterocycles. The Hall–Kier alpha value is -0.640. The molecule has 98 valence electrons. The molecule has 0 spiro atoms. The van der Waals surface area contributed by atoms with E-state index in [1.807, 2.05) is 22.7 Å². The molecule has 0 atom stereocenters. The summed E-state index contributed by atoms with van der Waals surface area (Å²) in [6, 6.07) is 8.84. The molecule has 0 radical (unpaired) electrons. The molecule has 18 heavy (non-hydrogen) atoms. The van der Waals surface area contributed by atoms with Gasteiger partial charge in [0.1, 0.15) is 0 Å². The minimum absolute atomic E-state index is 0.278. The molecule has 0 fully saturated rings. The third kappa shape index (κ3) is 3.94. The topological polar surface area (TPSA) is 12.0 Å². The Kier molecular flexibility index (Phi) is 4.60. The normalized spacial score (nSPS) is 11.9. The second kappa shape index (κ2) is 6.00. The van der Waals surface area contributed by atoms with Gasteiger partial charge in [-0.25, -0.2) is 0 Å². The van der Waals surface area contributed by atoms with Gasteiger partial charge in [0.05, 0.1) is 0 Å². The molecule has 2 aromatic rings. The molecule has 0 aliphatic heterocycles. The van der Waals surface area contributed by atoms with E-state index in [0.29, 0.717) is 0 Å². The molecule has 2 rings (SSSR count). The van der Waals surface area contributed by atoms with Gasteiger partial charge in [-0.2, -0.15) is 0 Å². The summed E-state index contributed by atoms with van der Waals surface area (Å²) >= 11 is 3.77. The van der Waals surface area contributed by atoms with Crippen molar-refractivity contribution in [3.05, 3.63) is 44.3 Å². The van der Waals surface area contributed by atoms with Gasteiger partial charge in [-0.3, -0.25) is 0 Å². The summed E-state index contributed by atoms with van der Waals surface area (Å²) in [4.78, 5) is 4.37. The van der Waals surface area contributed by atoms with Crippen LogP contribution in [0, 0.1) is 0 Å². The van der Waals surface area contributed by atoms with Crippen LogP contribution in [0.3, 0.4) is 0 Å². The van der Waals surface area contributed by atoms with Gasteiger partial charge < -0.3 is 5.32 Å². The van der Waals surface area contributed by atoms with Crippen LogP contribution < -0.4 is 5.32 Å². The van der Waals surface area contributed by atoms with Crippen molar-refractivity contribution in [3.8, 4) is 0 Å². The van der Waals surface area contributed by atoms with Crippen molar-refractivity contribution in [1.82, 2.24) is 5.32 Å². The van der Waals surface area contributed by atoms with Gasteiger partial charge in [0.2, 0.25) is 0 Å². The molecule has 0 aliphatic rings. The first-order valence-corrected chi connectivity index (χ1v) is 8.07. The Bertz CT molecular complexity index is 463. The minimum Gasteiger partial charge on any atom is -0.311 e. The lowest BCUT2D eigenvalue weighted by Crippen LogP contribution is -2.15. The van der Waals surface area contributed by atoms with E-state index < -0.39 is 0 Å². The molecule has 2 heterocycles. The van der Waals surface area contributed by atoms with Gasteiger partial charge in [-0.05, 0) is 35.4 Å². The average Bonchev–Trinajstić information content (AvgIpc) is 2.95. The van der Waals surface area contributed by atoms with Gasteiger partial charge in [0.15, 0.2) is 0 Å². The largest absolute Gasteiger partial charge is 0.311 e. The van der Waals surface area contributed by atoms with E-state index >= 15 is 0 Å². The smallest absolute Gasteiger partial charge is 0.0299 e. The Labute approximate surface area is 118 Å². The Morgan fingerprint density at radius 1 is 1.11 bits per heavy atom. The SMILES string of the molecule is CC(C)(C)c1ccc(CNCCc2cccs2)s1. The fraction of sp³-hybridized carbons (Fsp3) is 0.467. The maximum atomic E-state index is 3.52. The van der Waals surface area contributed by atoms with E-state index in [4.69, 9.17) is 0 Å². The second-order valence-electron chi connectivity index (χ2n) is 5.52. The first-order chi connectivity index (χ1) is 8.55. The van der Waals surface area contributed by atoms with Crippen molar-refractivity contribution in [2.24, 2.45) is 0 Å². The maximum absolute atomic E-state index is 3.52. The zero-order valence-corrected chi connectivity index (χ0v) is 13.0. The monoisotopic (exact) mass is 279 g/mol. The van der Waals surface area contributed by atoms with Crippen molar-refractivity contribution in [3.63, 3.8) is 0 Å². The predicted molar refractivity (Wildman–Crippen MR) is 82.7 cm³/mol. The zero-order valence-electron chi connectivity index (χ0n) is 11.3. The van der Waals surface area contributed by atoms with Gasteiger partial charge in [0, 0.05) is 27.7 Å². The van der Waals surface area contributed by atoms with Crippen LogP contribution in [0.2, 0.25) is 0 Å². The van der Waals surface area contributed by atoms with E-state index in [0.717, 1.165) is 19.5 Å². The molecular weight excluding hydrogens is 258 g/mol. The van der Waals surface area contributed by atoms with Gasteiger partial charge >= 0.3 is 0 Å². The fourth-order valence-corrected chi connectivity index (χ4v) is 3.50. The lowest BCUT2D eigenvalue weighted by atomic mass is 9.95. The summed E-state index contributed by atoms with van der Waals surface area (Å²) < 4.78 is 0. The predicted octanol–water partition coefficient (Wildman–Crippen LogP) is 4.44. The highest BCUT2D eigenvalue weighted by Gasteiger charge is 2.15. The number of rotatable bonds is 5. The number of hydrogen-bond acceptors (Lipinski definition) is 3. The second-order valence-corrected chi connectivity index (χ2v) is 7.72. The molecule has 0 aromatic carbocycles. The van der Waals surface area contributed by atoms with E-state index in [1.165, 1.54) is 14.6 Å². The number of hydrogen-bond donors (Lipinski definition) is 1. The molecule has 1 nitrogen and oxygen atoms in total. The van der Waals surface area contributed by atoms with Gasteiger partial charge in [-0.15, -0.1) is 22.7 Å². The van der Waals surface area contributed by atoms with Crippen LogP contribution in [0.25, 0.3) is 0 Å². The van der Waals surface area contributed by atoms with Crippen molar-refractivity contribution in [1.29, 1.82) is 0 Å². The summed E-state index contributed by atoms with van der Waals surface area (Å²) in [7, 11) is 0. The molecule has 0 aliphatic carbocycles. The van der Waals surface area contributed by atoms with Crippen molar-refractivity contribution >= 4 is 22.7 Å². The summed E-state index contributed by atoms with van der Waals surface area (Å²) in [5.74, 6) is 0. The first-order valence-electron chi connectivity index (χ1n) is 6.38. The van der Waals surface area contributed by atoms with Gasteiger partial charge in [-0.1, -0.05) is 26.8 Å². The van der Waals surface area contributed by atoms with Crippen LogP contribution in [0.15, 0.2) is 29.6 Å². The summed E-state index contributed by atoms with van der Waals surface area (Å²) in [6.07, 6.45) is 1.13. The quantitative estimate of drug-likeness (QED) is 0.798. The summed E-state index contributed by atoms with van der Waals surface area (Å²) in [6.45, 7) is 8.86. The highest BCUT2D eigenvalue weighted by molar-refractivity contribution is 7.12. The van der Waals surface area contributed by atoms with Crippen molar-refractivity contribution in [2.75, 3.05) is 6.54 Å². The molecule has 2 aromatic heterocycles. The van der Waals surface area contributed by atoms with Crippen LogP contribution in [0.1, 0.15) is 35.4 Å². The van der Waals surface area contributed by atoms with Crippen LogP contribution >= 0.6 is 22.7 Å². The van der Waals surface area contributed by atoms with Crippen LogP contribution in [-0.2, 0) is 18.4 Å². The molecule has 1 N–H and O–H groups in total. The van der Waals surface area contributed by atoms with Gasteiger partial charge in [0.25, 0.3) is 0 Å². The highest BCUT2D eigenvalue weighted by atomic mass is 32.1. The summed E-state index contributed by atoms with van der Waals surface area (Å²) in [5.41, 5.74) is 0.278. The highest BCUT2D eigenvalue weighted by Crippen LogP contribution is 2.29.